The summed E-state index contributed by atoms with van der Waals surface area (Å²) in [6.07, 6.45) is 13.4. The maximum absolute atomic E-state index is 10.9. The predicted molar refractivity (Wildman–Crippen MR) is 170 cm³/mol. The van der Waals surface area contributed by atoms with E-state index in [1.54, 1.807) is 0 Å². The smallest absolute Gasteiger partial charge is 0.126 e. The molecule has 0 bridgehead atoms. The lowest BCUT2D eigenvalue weighted by atomic mass is 9.93. The maximum atomic E-state index is 10.9. The van der Waals surface area contributed by atoms with Crippen LogP contribution in [0.4, 0.5) is 0 Å². The van der Waals surface area contributed by atoms with Crippen LogP contribution in [0.5, 0.6) is 11.5 Å². The van der Waals surface area contributed by atoms with Crippen LogP contribution in [0.15, 0.2) is 84.9 Å². The van der Waals surface area contributed by atoms with E-state index in [0.717, 1.165) is 71.9 Å². The molecule has 4 rings (SSSR count). The van der Waals surface area contributed by atoms with Crippen molar-refractivity contribution in [1.82, 2.24) is 0 Å². The van der Waals surface area contributed by atoms with Gasteiger partial charge in [-0.15, -0.1) is 0 Å². The topological polar surface area (TPSA) is 40.5 Å². The molecule has 4 aromatic carbocycles. The van der Waals surface area contributed by atoms with Gasteiger partial charge in [-0.05, 0) is 84.0 Å². The Labute approximate surface area is 241 Å². The van der Waals surface area contributed by atoms with Crippen LogP contribution in [0.25, 0.3) is 22.3 Å². The van der Waals surface area contributed by atoms with Crippen LogP contribution in [-0.4, -0.2) is 10.2 Å². The minimum atomic E-state index is 0.447. The molecule has 40 heavy (non-hydrogen) atoms. The summed E-state index contributed by atoms with van der Waals surface area (Å²) in [5, 5.41) is 21.8. The Hall–Kier alpha value is -3.52. The summed E-state index contributed by atoms with van der Waals surface area (Å²) in [4.78, 5) is 0. The molecule has 4 aromatic rings. The van der Waals surface area contributed by atoms with Crippen molar-refractivity contribution in [2.45, 2.75) is 90.9 Å². The van der Waals surface area contributed by atoms with Crippen LogP contribution in [0, 0.1) is 0 Å². The van der Waals surface area contributed by atoms with Gasteiger partial charge in [-0.3, -0.25) is 0 Å². The van der Waals surface area contributed by atoms with E-state index < -0.39 is 0 Å². The van der Waals surface area contributed by atoms with E-state index in [1.165, 1.54) is 49.7 Å². The van der Waals surface area contributed by atoms with Gasteiger partial charge in [0.25, 0.3) is 0 Å². The van der Waals surface area contributed by atoms with E-state index >= 15 is 0 Å². The standard InChI is InChI=1S/C38H46O2/c1-3-17-33-25-29(27-35(37(33)39)31-21-13-9-14-22-31)19-11-7-5-6-8-12-20-30-26-34(18-4-2)38(40)36(28-30)32-23-15-10-16-24-32/h9-10,13-16,21-28,39-40H,3-8,11-12,17-20H2,1-2H3. The highest BCUT2D eigenvalue weighted by molar-refractivity contribution is 5.73. The summed E-state index contributed by atoms with van der Waals surface area (Å²) >= 11 is 0. The van der Waals surface area contributed by atoms with Gasteiger partial charge in [0.1, 0.15) is 11.5 Å². The fourth-order valence-electron chi connectivity index (χ4n) is 5.77. The zero-order chi connectivity index (χ0) is 28.2. The first-order chi connectivity index (χ1) is 19.6. The Morgan fingerprint density at radius 1 is 0.450 bits per heavy atom. The monoisotopic (exact) mass is 534 g/mol. The van der Waals surface area contributed by atoms with Crippen LogP contribution in [0.2, 0.25) is 0 Å². The molecular weight excluding hydrogens is 488 g/mol. The fraction of sp³-hybridized carbons (Fsp3) is 0.368. The number of phenolic OH excluding ortho intramolecular Hbond substituents is 2. The maximum Gasteiger partial charge on any atom is 0.126 e. The SMILES string of the molecule is CCCc1cc(CCCCCCCCc2cc(CCC)c(O)c(-c3ccccc3)c2)cc(-c2ccccc2)c1O. The molecule has 0 aliphatic carbocycles. The lowest BCUT2D eigenvalue weighted by Gasteiger charge is -2.14. The second-order valence-electron chi connectivity index (χ2n) is 11.2. The van der Waals surface area contributed by atoms with Crippen LogP contribution in [0.3, 0.4) is 0 Å². The summed E-state index contributed by atoms with van der Waals surface area (Å²) in [5.41, 5.74) is 8.93. The molecule has 0 amide bonds. The molecule has 0 spiro atoms. The van der Waals surface area contributed by atoms with Gasteiger partial charge in [-0.2, -0.15) is 0 Å². The van der Waals surface area contributed by atoms with Crippen molar-refractivity contribution in [3.8, 4) is 33.8 Å². The Morgan fingerprint density at radius 3 is 1.20 bits per heavy atom. The second-order valence-corrected chi connectivity index (χ2v) is 11.2. The van der Waals surface area contributed by atoms with E-state index in [4.69, 9.17) is 0 Å². The Balaban J connectivity index is 1.26. The molecule has 0 radical (unpaired) electrons. The van der Waals surface area contributed by atoms with Gasteiger partial charge in [0.15, 0.2) is 0 Å². The second kappa shape index (κ2) is 15.3. The molecule has 0 fully saturated rings. The molecule has 0 aliphatic rings. The molecule has 2 nitrogen and oxygen atoms in total. The lowest BCUT2D eigenvalue weighted by molar-refractivity contribution is 0.468. The zero-order valence-corrected chi connectivity index (χ0v) is 24.5. The van der Waals surface area contributed by atoms with Gasteiger partial charge in [0, 0.05) is 11.1 Å². The van der Waals surface area contributed by atoms with Gasteiger partial charge in [-0.25, -0.2) is 0 Å². The Bertz CT molecular complexity index is 1220. The van der Waals surface area contributed by atoms with Crippen molar-refractivity contribution in [3.05, 3.63) is 107 Å². The van der Waals surface area contributed by atoms with E-state index in [0.29, 0.717) is 11.5 Å². The third-order valence-electron chi connectivity index (χ3n) is 7.89. The number of hydrogen-bond donors (Lipinski definition) is 2. The highest BCUT2D eigenvalue weighted by Crippen LogP contribution is 2.36. The first-order valence-electron chi connectivity index (χ1n) is 15.4. The van der Waals surface area contributed by atoms with E-state index in [9.17, 15) is 10.2 Å². The summed E-state index contributed by atoms with van der Waals surface area (Å²) in [6.45, 7) is 4.34. The number of phenols is 2. The van der Waals surface area contributed by atoms with Crippen molar-refractivity contribution in [1.29, 1.82) is 0 Å². The minimum absolute atomic E-state index is 0.447. The van der Waals surface area contributed by atoms with Gasteiger partial charge < -0.3 is 10.2 Å². The van der Waals surface area contributed by atoms with Gasteiger partial charge in [0.05, 0.1) is 0 Å². The highest BCUT2D eigenvalue weighted by Gasteiger charge is 2.13. The molecule has 0 heterocycles. The number of aromatic hydroxyl groups is 2. The average Bonchev–Trinajstić information content (AvgIpc) is 2.98. The summed E-state index contributed by atoms with van der Waals surface area (Å²) in [6, 6.07) is 29.4. The van der Waals surface area contributed by atoms with E-state index in [-0.39, 0.29) is 0 Å². The quantitative estimate of drug-likeness (QED) is 0.149. The molecule has 0 unspecified atom stereocenters. The summed E-state index contributed by atoms with van der Waals surface area (Å²) < 4.78 is 0. The van der Waals surface area contributed by atoms with Crippen molar-refractivity contribution >= 4 is 0 Å². The Kier molecular flexibility index (Phi) is 11.3. The van der Waals surface area contributed by atoms with Gasteiger partial charge in [0.2, 0.25) is 0 Å². The van der Waals surface area contributed by atoms with Crippen molar-refractivity contribution in [2.24, 2.45) is 0 Å². The van der Waals surface area contributed by atoms with Gasteiger partial charge in [-0.1, -0.05) is 125 Å². The number of hydrogen-bond acceptors (Lipinski definition) is 2. The Morgan fingerprint density at radius 2 is 0.825 bits per heavy atom. The van der Waals surface area contributed by atoms with Crippen LogP contribution >= 0.6 is 0 Å². The molecule has 2 heteroatoms. The van der Waals surface area contributed by atoms with Crippen LogP contribution in [-0.2, 0) is 25.7 Å². The van der Waals surface area contributed by atoms with Crippen molar-refractivity contribution in [2.75, 3.05) is 0 Å². The molecule has 0 aliphatic heterocycles. The largest absolute Gasteiger partial charge is 0.507 e. The normalized spacial score (nSPS) is 11.2. The molecular formula is C38H46O2. The molecule has 2 N–H and O–H groups in total. The van der Waals surface area contributed by atoms with Crippen LogP contribution < -0.4 is 0 Å². The van der Waals surface area contributed by atoms with Crippen molar-refractivity contribution < 1.29 is 10.2 Å². The number of aryl methyl sites for hydroxylation is 4. The predicted octanol–water partition coefficient (Wildman–Crippen LogP) is 10.5. The zero-order valence-electron chi connectivity index (χ0n) is 24.5. The third-order valence-corrected chi connectivity index (χ3v) is 7.89. The third kappa shape index (κ3) is 8.01. The highest BCUT2D eigenvalue weighted by atomic mass is 16.3. The van der Waals surface area contributed by atoms with Crippen molar-refractivity contribution in [3.63, 3.8) is 0 Å². The molecule has 0 saturated heterocycles. The average molecular weight is 535 g/mol. The summed E-state index contributed by atoms with van der Waals surface area (Å²) in [5.74, 6) is 0.895. The molecule has 210 valence electrons. The minimum Gasteiger partial charge on any atom is -0.507 e. The molecule has 0 atom stereocenters. The van der Waals surface area contributed by atoms with E-state index in [1.807, 2.05) is 36.4 Å². The summed E-state index contributed by atoms with van der Waals surface area (Å²) in [7, 11) is 0. The first kappa shape index (κ1) is 29.5. The number of benzene rings is 4. The molecule has 0 aromatic heterocycles. The first-order valence-corrected chi connectivity index (χ1v) is 15.4. The molecule has 0 saturated carbocycles. The van der Waals surface area contributed by atoms with E-state index in [2.05, 4.69) is 62.4 Å². The number of unbranched alkanes of at least 4 members (excludes halogenated alkanes) is 5. The number of rotatable bonds is 15. The lowest BCUT2D eigenvalue weighted by Crippen LogP contribution is -1.95. The van der Waals surface area contributed by atoms with Gasteiger partial charge >= 0.3 is 0 Å². The fourth-order valence-corrected chi connectivity index (χ4v) is 5.77. The van der Waals surface area contributed by atoms with Crippen LogP contribution in [0.1, 0.15) is 87.5 Å².